The van der Waals surface area contributed by atoms with Crippen molar-refractivity contribution in [3.63, 3.8) is 0 Å². The molecule has 9 nitrogen and oxygen atoms in total. The quantitative estimate of drug-likeness (QED) is 0.161. The van der Waals surface area contributed by atoms with Crippen molar-refractivity contribution in [3.05, 3.63) is 66.4 Å². The van der Waals surface area contributed by atoms with Crippen molar-refractivity contribution >= 4 is 27.5 Å². The van der Waals surface area contributed by atoms with Crippen molar-refractivity contribution in [1.29, 1.82) is 0 Å². The third kappa shape index (κ3) is 7.72. The lowest BCUT2D eigenvalue weighted by molar-refractivity contribution is 0.0525. The van der Waals surface area contributed by atoms with Crippen LogP contribution >= 0.6 is 11.3 Å². The molecule has 0 amide bonds. The van der Waals surface area contributed by atoms with Crippen LogP contribution in [0.4, 0.5) is 0 Å². The lowest BCUT2D eigenvalue weighted by atomic mass is 10.2. The number of benzene rings is 2. The molecule has 41 heavy (non-hydrogen) atoms. The molecule has 10 heteroatoms. The van der Waals surface area contributed by atoms with E-state index < -0.39 is 0 Å². The van der Waals surface area contributed by atoms with Gasteiger partial charge in [-0.1, -0.05) is 12.1 Å². The number of para-hydroxylation sites is 1. The number of hydrogen-bond acceptors (Lipinski definition) is 10. The third-order valence-electron chi connectivity index (χ3n) is 6.96. The summed E-state index contributed by atoms with van der Waals surface area (Å²) in [6.07, 6.45) is 2.41. The van der Waals surface area contributed by atoms with Gasteiger partial charge in [0.05, 0.1) is 41.7 Å². The summed E-state index contributed by atoms with van der Waals surface area (Å²) in [7, 11) is 1.68. The highest BCUT2D eigenvalue weighted by molar-refractivity contribution is 7.21. The summed E-state index contributed by atoms with van der Waals surface area (Å²) in [5, 5.41) is 0.933. The van der Waals surface area contributed by atoms with E-state index in [2.05, 4.69) is 20.9 Å². The van der Waals surface area contributed by atoms with Crippen molar-refractivity contribution in [1.82, 2.24) is 19.8 Å². The van der Waals surface area contributed by atoms with E-state index in [4.69, 9.17) is 23.9 Å². The molecule has 2 aromatic carbocycles. The molecule has 0 radical (unpaired) electrons. The Morgan fingerprint density at radius 2 is 1.76 bits per heavy atom. The third-order valence-corrected chi connectivity index (χ3v) is 8.03. The lowest BCUT2D eigenvalue weighted by Crippen LogP contribution is -2.47. The smallest absolute Gasteiger partial charge is 0.339 e. The minimum absolute atomic E-state index is 0.343. The van der Waals surface area contributed by atoms with Crippen LogP contribution < -0.4 is 14.2 Å². The van der Waals surface area contributed by atoms with E-state index in [0.29, 0.717) is 31.3 Å². The van der Waals surface area contributed by atoms with Gasteiger partial charge in [-0.05, 0) is 49.7 Å². The molecule has 5 rings (SSSR count). The van der Waals surface area contributed by atoms with E-state index in [1.807, 2.05) is 36.4 Å². The summed E-state index contributed by atoms with van der Waals surface area (Å²) >= 11 is 1.66. The minimum atomic E-state index is -0.368. The second kappa shape index (κ2) is 14.2. The van der Waals surface area contributed by atoms with Gasteiger partial charge in [0, 0.05) is 51.5 Å². The molecule has 1 aliphatic heterocycles. The Labute approximate surface area is 244 Å². The van der Waals surface area contributed by atoms with Crippen LogP contribution in [0.25, 0.3) is 20.8 Å². The number of carbonyl (C=O) groups is 1. The zero-order valence-corrected chi connectivity index (χ0v) is 24.4. The first-order chi connectivity index (χ1) is 20.1. The number of thiazole rings is 1. The van der Waals surface area contributed by atoms with Crippen LogP contribution in [0.2, 0.25) is 0 Å². The number of nitrogens with zero attached hydrogens (tertiary/aromatic N) is 4. The Morgan fingerprint density at radius 1 is 0.951 bits per heavy atom. The van der Waals surface area contributed by atoms with Gasteiger partial charge in [0.1, 0.15) is 23.1 Å². The molecule has 3 heterocycles. The van der Waals surface area contributed by atoms with Crippen molar-refractivity contribution in [2.75, 3.05) is 66.2 Å². The molecule has 0 aliphatic carbocycles. The maximum Gasteiger partial charge on any atom is 0.339 e. The van der Waals surface area contributed by atoms with Crippen molar-refractivity contribution < 1.29 is 23.7 Å². The van der Waals surface area contributed by atoms with Gasteiger partial charge in [0.15, 0.2) is 0 Å². The SMILES string of the molecule is CCOC(=O)c1ccc(OCCCN2CCN(CCOc3ccc(OC)cc3-c3nc4ccccc4s3)CC2)nc1. The van der Waals surface area contributed by atoms with E-state index in [1.165, 1.54) is 6.20 Å². The fourth-order valence-corrected chi connectivity index (χ4v) is 5.69. The molecule has 2 aromatic heterocycles. The zero-order chi connectivity index (χ0) is 28.4. The summed E-state index contributed by atoms with van der Waals surface area (Å²) in [6.45, 7) is 9.22. The fourth-order valence-electron chi connectivity index (χ4n) is 4.70. The first kappa shape index (κ1) is 28.8. The highest BCUT2D eigenvalue weighted by Gasteiger charge is 2.18. The highest BCUT2D eigenvalue weighted by Crippen LogP contribution is 2.38. The van der Waals surface area contributed by atoms with Crippen LogP contribution in [0.1, 0.15) is 23.7 Å². The first-order valence-corrected chi connectivity index (χ1v) is 14.8. The Kier molecular flexibility index (Phi) is 10.0. The number of pyridine rings is 1. The molecule has 0 N–H and O–H groups in total. The maximum atomic E-state index is 11.7. The molecule has 0 unspecified atom stereocenters. The zero-order valence-electron chi connectivity index (χ0n) is 23.6. The van der Waals surface area contributed by atoms with Crippen molar-refractivity contribution in [2.45, 2.75) is 13.3 Å². The van der Waals surface area contributed by atoms with Crippen LogP contribution in [-0.2, 0) is 4.74 Å². The van der Waals surface area contributed by atoms with E-state index >= 15 is 0 Å². The minimum Gasteiger partial charge on any atom is -0.497 e. The van der Waals surface area contributed by atoms with E-state index in [1.54, 1.807) is 37.5 Å². The topological polar surface area (TPSA) is 86.3 Å². The van der Waals surface area contributed by atoms with E-state index in [9.17, 15) is 4.79 Å². The summed E-state index contributed by atoms with van der Waals surface area (Å²) < 4.78 is 23.6. The Bertz CT molecular complexity index is 1390. The molecule has 216 valence electrons. The molecule has 1 saturated heterocycles. The number of ether oxygens (including phenoxy) is 4. The monoisotopic (exact) mass is 576 g/mol. The van der Waals surface area contributed by atoms with Gasteiger partial charge < -0.3 is 23.8 Å². The van der Waals surface area contributed by atoms with Gasteiger partial charge in [-0.3, -0.25) is 4.90 Å². The van der Waals surface area contributed by atoms with Gasteiger partial charge in [-0.15, -0.1) is 11.3 Å². The van der Waals surface area contributed by atoms with Crippen molar-refractivity contribution in [3.8, 4) is 28.0 Å². The Balaban J connectivity index is 1.03. The number of carbonyl (C=O) groups excluding carboxylic acids is 1. The number of hydrogen-bond donors (Lipinski definition) is 0. The van der Waals surface area contributed by atoms with E-state index in [-0.39, 0.29) is 5.97 Å². The predicted molar refractivity (Wildman–Crippen MR) is 160 cm³/mol. The Hall–Kier alpha value is -3.73. The van der Waals surface area contributed by atoms with Crippen LogP contribution in [0.15, 0.2) is 60.8 Å². The summed E-state index contributed by atoms with van der Waals surface area (Å²) in [6, 6.07) is 17.5. The normalized spacial score (nSPS) is 14.2. The molecule has 0 bridgehead atoms. The second-order valence-corrected chi connectivity index (χ2v) is 10.7. The molecule has 1 fully saturated rings. The summed E-state index contributed by atoms with van der Waals surface area (Å²) in [4.78, 5) is 25.7. The van der Waals surface area contributed by atoms with Crippen molar-refractivity contribution in [2.24, 2.45) is 0 Å². The summed E-state index contributed by atoms with van der Waals surface area (Å²) in [5.41, 5.74) is 2.38. The first-order valence-electron chi connectivity index (χ1n) is 14.0. The predicted octanol–water partition coefficient (Wildman–Crippen LogP) is 5.01. The average molecular weight is 577 g/mol. The largest absolute Gasteiger partial charge is 0.497 e. The van der Waals surface area contributed by atoms with Gasteiger partial charge >= 0.3 is 5.97 Å². The number of esters is 1. The number of fused-ring (bicyclic) bond motifs is 1. The highest BCUT2D eigenvalue weighted by atomic mass is 32.1. The maximum absolute atomic E-state index is 11.7. The molecule has 0 spiro atoms. The van der Waals surface area contributed by atoms with Crippen LogP contribution in [0.3, 0.4) is 0 Å². The second-order valence-electron chi connectivity index (χ2n) is 9.69. The van der Waals surface area contributed by atoms with E-state index in [0.717, 1.165) is 78.0 Å². The molecule has 4 aromatic rings. The number of rotatable bonds is 13. The van der Waals surface area contributed by atoms with Gasteiger partial charge in [-0.2, -0.15) is 0 Å². The molecule has 0 saturated carbocycles. The summed E-state index contributed by atoms with van der Waals surface area (Å²) in [5.74, 6) is 1.77. The molecular formula is C31H36N4O5S. The fraction of sp³-hybridized carbons (Fsp3) is 0.387. The van der Waals surface area contributed by atoms with Crippen LogP contribution in [0, 0.1) is 0 Å². The number of piperazine rings is 1. The number of methoxy groups -OCH3 is 1. The van der Waals surface area contributed by atoms with Gasteiger partial charge in [0.2, 0.25) is 5.88 Å². The number of aromatic nitrogens is 2. The molecule has 0 atom stereocenters. The Morgan fingerprint density at radius 3 is 2.49 bits per heavy atom. The van der Waals surface area contributed by atoms with Gasteiger partial charge in [-0.25, -0.2) is 14.8 Å². The lowest BCUT2D eigenvalue weighted by Gasteiger charge is -2.34. The van der Waals surface area contributed by atoms with Gasteiger partial charge in [0.25, 0.3) is 0 Å². The molecule has 1 aliphatic rings. The standard InChI is InChI=1S/C31H36N4O5S/c1-3-38-31(36)23-9-12-29(32-22-23)40-19-6-13-34-14-16-35(17-15-34)18-20-39-27-11-10-24(37-2)21-25(27)30-33-26-7-4-5-8-28(26)41-30/h4-5,7-12,21-22H,3,6,13-20H2,1-2H3. The molecular weight excluding hydrogens is 540 g/mol. The van der Waals surface area contributed by atoms with Crippen LogP contribution in [-0.4, -0.2) is 91.9 Å². The average Bonchev–Trinajstić information content (AvgIpc) is 3.45. The van der Waals surface area contributed by atoms with Crippen LogP contribution in [0.5, 0.6) is 17.4 Å².